The van der Waals surface area contributed by atoms with E-state index in [0.717, 1.165) is 5.56 Å². The van der Waals surface area contributed by atoms with E-state index in [1.807, 2.05) is 6.92 Å². The zero-order valence-electron chi connectivity index (χ0n) is 15.3. The molecule has 3 rings (SSSR count). The lowest BCUT2D eigenvalue weighted by atomic mass is 10.1. The Morgan fingerprint density at radius 3 is 2.74 bits per heavy atom. The summed E-state index contributed by atoms with van der Waals surface area (Å²) in [6, 6.07) is 13.1. The summed E-state index contributed by atoms with van der Waals surface area (Å²) in [6.45, 7) is 3.59. The summed E-state index contributed by atoms with van der Waals surface area (Å²) in [4.78, 5) is 26.7. The molecule has 1 atom stereocenters. The van der Waals surface area contributed by atoms with Gasteiger partial charge in [0.05, 0.1) is 19.3 Å². The molecule has 5 nitrogen and oxygen atoms in total. The number of nitrogens with zero attached hydrogens (tertiary/aromatic N) is 1. The number of halogens is 1. The molecule has 2 aromatic carbocycles. The van der Waals surface area contributed by atoms with Crippen LogP contribution in [0.5, 0.6) is 0 Å². The van der Waals surface area contributed by atoms with Crippen molar-refractivity contribution in [1.29, 1.82) is 0 Å². The van der Waals surface area contributed by atoms with Gasteiger partial charge in [0.1, 0.15) is 5.82 Å². The molecule has 0 spiro atoms. The third-order valence-corrected chi connectivity index (χ3v) is 4.58. The largest absolute Gasteiger partial charge is 0.377 e. The first kappa shape index (κ1) is 19.0. The molecular formula is C21H23FN2O3. The second-order valence-electron chi connectivity index (χ2n) is 6.68. The summed E-state index contributed by atoms with van der Waals surface area (Å²) in [5, 5.41) is 2.82. The molecule has 0 aromatic heterocycles. The Morgan fingerprint density at radius 2 is 2.00 bits per heavy atom. The molecule has 1 saturated heterocycles. The van der Waals surface area contributed by atoms with Crippen LogP contribution >= 0.6 is 0 Å². The molecule has 1 heterocycles. The van der Waals surface area contributed by atoms with E-state index in [-0.39, 0.29) is 30.1 Å². The van der Waals surface area contributed by atoms with Crippen LogP contribution in [0, 0.1) is 5.82 Å². The van der Waals surface area contributed by atoms with Crippen LogP contribution in [0.3, 0.4) is 0 Å². The van der Waals surface area contributed by atoms with Crippen molar-refractivity contribution < 1.29 is 18.7 Å². The van der Waals surface area contributed by atoms with E-state index in [4.69, 9.17) is 4.74 Å². The first-order valence-corrected chi connectivity index (χ1v) is 9.06. The molecule has 142 valence electrons. The van der Waals surface area contributed by atoms with E-state index in [9.17, 15) is 14.0 Å². The average Bonchev–Trinajstić information content (AvgIpc) is 2.67. The second kappa shape index (κ2) is 8.77. The standard InChI is InChI=1S/C21H23FN2O3/c1-15-14-27-12-11-24(15)21(26)17-3-2-4-19(13-17)23-20(25)10-7-16-5-8-18(22)9-6-16/h2-6,8-9,13,15H,7,10-12,14H2,1H3,(H,23,25). The fraction of sp³-hybridized carbons (Fsp3) is 0.333. The lowest BCUT2D eigenvalue weighted by molar-refractivity contribution is -0.116. The number of nitrogens with one attached hydrogen (secondary N) is 1. The highest BCUT2D eigenvalue weighted by Gasteiger charge is 2.24. The Morgan fingerprint density at radius 1 is 1.22 bits per heavy atom. The monoisotopic (exact) mass is 370 g/mol. The fourth-order valence-electron chi connectivity index (χ4n) is 3.06. The number of rotatable bonds is 5. The molecule has 1 N–H and O–H groups in total. The van der Waals surface area contributed by atoms with Gasteiger partial charge in [0.25, 0.3) is 5.91 Å². The summed E-state index contributed by atoms with van der Waals surface area (Å²) >= 11 is 0. The molecule has 1 aliphatic heterocycles. The summed E-state index contributed by atoms with van der Waals surface area (Å²) in [6.07, 6.45) is 0.806. The van der Waals surface area contributed by atoms with Crippen molar-refractivity contribution in [1.82, 2.24) is 4.90 Å². The van der Waals surface area contributed by atoms with Gasteiger partial charge >= 0.3 is 0 Å². The number of ether oxygens (including phenoxy) is 1. The van der Waals surface area contributed by atoms with E-state index in [2.05, 4.69) is 5.32 Å². The van der Waals surface area contributed by atoms with E-state index in [1.54, 1.807) is 41.3 Å². The minimum atomic E-state index is -0.292. The second-order valence-corrected chi connectivity index (χ2v) is 6.68. The van der Waals surface area contributed by atoms with Gasteiger partial charge in [0, 0.05) is 24.2 Å². The van der Waals surface area contributed by atoms with Gasteiger partial charge in [0.15, 0.2) is 0 Å². The average molecular weight is 370 g/mol. The zero-order chi connectivity index (χ0) is 19.2. The van der Waals surface area contributed by atoms with Gasteiger partial charge in [-0.3, -0.25) is 9.59 Å². The number of hydrogen-bond donors (Lipinski definition) is 1. The maximum absolute atomic E-state index is 12.9. The van der Waals surface area contributed by atoms with Crippen LogP contribution in [0.15, 0.2) is 48.5 Å². The predicted octanol–water partition coefficient (Wildman–Crippen LogP) is 3.26. The summed E-state index contributed by atoms with van der Waals surface area (Å²) < 4.78 is 18.3. The Hall–Kier alpha value is -2.73. The number of carbonyl (C=O) groups is 2. The number of aryl methyl sites for hydroxylation is 1. The number of hydrogen-bond acceptors (Lipinski definition) is 3. The van der Waals surface area contributed by atoms with Gasteiger partial charge in [-0.05, 0) is 49.2 Å². The highest BCUT2D eigenvalue weighted by atomic mass is 19.1. The maximum atomic E-state index is 12.9. The Kier molecular flexibility index (Phi) is 6.19. The Balaban J connectivity index is 1.58. The molecule has 1 fully saturated rings. The van der Waals surface area contributed by atoms with Crippen molar-refractivity contribution in [2.24, 2.45) is 0 Å². The zero-order valence-corrected chi connectivity index (χ0v) is 15.3. The van der Waals surface area contributed by atoms with Gasteiger partial charge in [-0.2, -0.15) is 0 Å². The SMILES string of the molecule is CC1COCCN1C(=O)c1cccc(NC(=O)CCc2ccc(F)cc2)c1. The quantitative estimate of drug-likeness (QED) is 0.879. The van der Waals surface area contributed by atoms with Crippen molar-refractivity contribution in [3.05, 3.63) is 65.5 Å². The van der Waals surface area contributed by atoms with Crippen LogP contribution < -0.4 is 5.32 Å². The molecule has 0 radical (unpaired) electrons. The smallest absolute Gasteiger partial charge is 0.254 e. The number of benzene rings is 2. The van der Waals surface area contributed by atoms with Gasteiger partial charge in [-0.1, -0.05) is 18.2 Å². The van der Waals surface area contributed by atoms with Crippen LogP contribution in [0.25, 0.3) is 0 Å². The molecule has 1 aliphatic rings. The molecule has 6 heteroatoms. The molecule has 2 amide bonds. The summed E-state index contributed by atoms with van der Waals surface area (Å²) in [5.41, 5.74) is 2.03. The van der Waals surface area contributed by atoms with E-state index in [1.165, 1.54) is 12.1 Å². The molecule has 27 heavy (non-hydrogen) atoms. The Labute approximate surface area is 158 Å². The Bertz CT molecular complexity index is 807. The first-order valence-electron chi connectivity index (χ1n) is 9.06. The molecular weight excluding hydrogens is 347 g/mol. The molecule has 0 aliphatic carbocycles. The van der Waals surface area contributed by atoms with Crippen molar-refractivity contribution in [3.8, 4) is 0 Å². The third kappa shape index (κ3) is 5.14. The van der Waals surface area contributed by atoms with Crippen molar-refractivity contribution in [3.63, 3.8) is 0 Å². The first-order chi connectivity index (χ1) is 13.0. The van der Waals surface area contributed by atoms with Crippen LogP contribution in [-0.4, -0.2) is 42.5 Å². The number of morpholine rings is 1. The minimum absolute atomic E-state index is 0.0280. The highest BCUT2D eigenvalue weighted by Crippen LogP contribution is 2.17. The fourth-order valence-corrected chi connectivity index (χ4v) is 3.06. The minimum Gasteiger partial charge on any atom is -0.377 e. The van der Waals surface area contributed by atoms with Crippen LogP contribution in [-0.2, 0) is 16.0 Å². The van der Waals surface area contributed by atoms with E-state index < -0.39 is 0 Å². The number of anilines is 1. The van der Waals surface area contributed by atoms with Crippen LogP contribution in [0.1, 0.15) is 29.3 Å². The van der Waals surface area contributed by atoms with Crippen LogP contribution in [0.2, 0.25) is 0 Å². The van der Waals surface area contributed by atoms with E-state index in [0.29, 0.717) is 37.4 Å². The highest BCUT2D eigenvalue weighted by molar-refractivity contribution is 5.97. The van der Waals surface area contributed by atoms with Gasteiger partial charge < -0.3 is 15.0 Å². The van der Waals surface area contributed by atoms with Gasteiger partial charge in [-0.15, -0.1) is 0 Å². The summed E-state index contributed by atoms with van der Waals surface area (Å²) in [5.74, 6) is -0.504. The lowest BCUT2D eigenvalue weighted by Crippen LogP contribution is -2.47. The van der Waals surface area contributed by atoms with Gasteiger partial charge in [0.2, 0.25) is 5.91 Å². The molecule has 1 unspecified atom stereocenters. The number of carbonyl (C=O) groups excluding carboxylic acids is 2. The maximum Gasteiger partial charge on any atom is 0.254 e. The van der Waals surface area contributed by atoms with Gasteiger partial charge in [-0.25, -0.2) is 4.39 Å². The lowest BCUT2D eigenvalue weighted by Gasteiger charge is -2.33. The molecule has 2 aromatic rings. The summed E-state index contributed by atoms with van der Waals surface area (Å²) in [7, 11) is 0. The normalized spacial score (nSPS) is 16.8. The topological polar surface area (TPSA) is 58.6 Å². The molecule has 0 bridgehead atoms. The molecule has 0 saturated carbocycles. The number of amides is 2. The van der Waals surface area contributed by atoms with Crippen molar-refractivity contribution in [2.45, 2.75) is 25.8 Å². The third-order valence-electron chi connectivity index (χ3n) is 4.58. The van der Waals surface area contributed by atoms with Crippen molar-refractivity contribution in [2.75, 3.05) is 25.1 Å². The van der Waals surface area contributed by atoms with Crippen LogP contribution in [0.4, 0.5) is 10.1 Å². The van der Waals surface area contributed by atoms with E-state index >= 15 is 0 Å². The van der Waals surface area contributed by atoms with Crippen molar-refractivity contribution >= 4 is 17.5 Å². The predicted molar refractivity (Wildman–Crippen MR) is 101 cm³/mol.